The van der Waals surface area contributed by atoms with E-state index in [2.05, 4.69) is 10.6 Å². The van der Waals surface area contributed by atoms with Crippen molar-refractivity contribution in [3.05, 3.63) is 70.3 Å². The molecule has 0 heterocycles. The van der Waals surface area contributed by atoms with Gasteiger partial charge in [0, 0.05) is 17.8 Å². The van der Waals surface area contributed by atoms with Crippen LogP contribution in [0.3, 0.4) is 0 Å². The SMILES string of the molecule is NCCCCC(NC(=O)OCc1ccccc1)C(=O)Nc1ccc([N+](=O)[O-])cc1. The summed E-state index contributed by atoms with van der Waals surface area (Å²) in [5.41, 5.74) is 6.64. The first-order valence-electron chi connectivity index (χ1n) is 9.22. The fourth-order valence-electron chi connectivity index (χ4n) is 2.56. The number of nitrogens with two attached hydrogens (primary N) is 1. The summed E-state index contributed by atoms with van der Waals surface area (Å²) >= 11 is 0. The number of rotatable bonds is 10. The molecule has 0 aromatic heterocycles. The number of nitrogens with zero attached hydrogens (tertiary/aromatic N) is 1. The molecule has 154 valence electrons. The van der Waals surface area contributed by atoms with Crippen LogP contribution in [0.4, 0.5) is 16.2 Å². The molecule has 1 atom stereocenters. The lowest BCUT2D eigenvalue weighted by molar-refractivity contribution is -0.384. The number of alkyl carbamates (subject to hydrolysis) is 1. The average molecular weight is 400 g/mol. The Morgan fingerprint density at radius 3 is 2.38 bits per heavy atom. The molecule has 9 nitrogen and oxygen atoms in total. The van der Waals surface area contributed by atoms with Crippen LogP contribution >= 0.6 is 0 Å². The number of benzene rings is 2. The lowest BCUT2D eigenvalue weighted by Crippen LogP contribution is -2.44. The summed E-state index contributed by atoms with van der Waals surface area (Å²) in [6.07, 6.45) is 1.04. The molecule has 0 aliphatic heterocycles. The highest BCUT2D eigenvalue weighted by Crippen LogP contribution is 2.16. The predicted molar refractivity (Wildman–Crippen MR) is 108 cm³/mol. The molecule has 0 fully saturated rings. The van der Waals surface area contributed by atoms with Crippen LogP contribution in [0.1, 0.15) is 24.8 Å². The number of unbranched alkanes of at least 4 members (excludes halogenated alkanes) is 1. The van der Waals surface area contributed by atoms with E-state index < -0.39 is 23.0 Å². The smallest absolute Gasteiger partial charge is 0.408 e. The molecule has 0 aliphatic carbocycles. The van der Waals surface area contributed by atoms with Crippen LogP contribution in [0.25, 0.3) is 0 Å². The van der Waals surface area contributed by atoms with Gasteiger partial charge in [-0.3, -0.25) is 14.9 Å². The minimum absolute atomic E-state index is 0.0786. The number of hydrogen-bond acceptors (Lipinski definition) is 6. The van der Waals surface area contributed by atoms with Crippen molar-refractivity contribution in [3.8, 4) is 0 Å². The Balaban J connectivity index is 1.95. The Morgan fingerprint density at radius 2 is 1.76 bits per heavy atom. The van der Waals surface area contributed by atoms with Crippen LogP contribution in [0.2, 0.25) is 0 Å². The van der Waals surface area contributed by atoms with E-state index in [1.165, 1.54) is 24.3 Å². The lowest BCUT2D eigenvalue weighted by atomic mass is 10.1. The Labute approximate surface area is 168 Å². The van der Waals surface area contributed by atoms with E-state index in [0.29, 0.717) is 31.5 Å². The minimum Gasteiger partial charge on any atom is -0.445 e. The van der Waals surface area contributed by atoms with Crippen molar-refractivity contribution in [1.82, 2.24) is 5.32 Å². The highest BCUT2D eigenvalue weighted by atomic mass is 16.6. The first-order chi connectivity index (χ1) is 14.0. The quantitative estimate of drug-likeness (QED) is 0.319. The van der Waals surface area contributed by atoms with Gasteiger partial charge in [-0.1, -0.05) is 30.3 Å². The molecule has 4 N–H and O–H groups in total. The summed E-state index contributed by atoms with van der Waals surface area (Å²) in [4.78, 5) is 34.9. The molecule has 0 radical (unpaired) electrons. The second kappa shape index (κ2) is 11.4. The number of hydrogen-bond donors (Lipinski definition) is 3. The van der Waals surface area contributed by atoms with E-state index in [-0.39, 0.29) is 12.3 Å². The minimum atomic E-state index is -0.819. The summed E-state index contributed by atoms with van der Waals surface area (Å²) in [5, 5.41) is 15.9. The maximum Gasteiger partial charge on any atom is 0.408 e. The standard InChI is InChI=1S/C20H24N4O5/c21-13-5-4-8-18(23-20(26)29-14-15-6-2-1-3-7-15)19(25)22-16-9-11-17(12-10-16)24(27)28/h1-3,6-7,9-12,18H,4-5,8,13-14,21H2,(H,22,25)(H,23,26). The zero-order chi connectivity index (χ0) is 21.1. The van der Waals surface area contributed by atoms with Gasteiger partial charge in [0.15, 0.2) is 0 Å². The first-order valence-corrected chi connectivity index (χ1v) is 9.22. The summed E-state index contributed by atoms with van der Waals surface area (Å²) < 4.78 is 5.18. The van der Waals surface area contributed by atoms with Gasteiger partial charge in [0.1, 0.15) is 12.6 Å². The molecule has 2 aromatic rings. The third-order valence-electron chi connectivity index (χ3n) is 4.11. The van der Waals surface area contributed by atoms with E-state index in [0.717, 1.165) is 5.56 Å². The van der Waals surface area contributed by atoms with Crippen molar-refractivity contribution in [2.24, 2.45) is 5.73 Å². The van der Waals surface area contributed by atoms with E-state index in [1.54, 1.807) is 0 Å². The molecule has 0 saturated heterocycles. The molecule has 1 unspecified atom stereocenters. The molecule has 2 amide bonds. The Kier molecular flexibility index (Phi) is 8.58. The average Bonchev–Trinajstić information content (AvgIpc) is 2.72. The number of amides is 2. The number of nitrogens with one attached hydrogen (secondary N) is 2. The van der Waals surface area contributed by atoms with Crippen LogP contribution in [-0.4, -0.2) is 29.5 Å². The van der Waals surface area contributed by atoms with Crippen LogP contribution in [0, 0.1) is 10.1 Å². The first kappa shape index (κ1) is 21.8. The van der Waals surface area contributed by atoms with Gasteiger partial charge in [0.25, 0.3) is 5.69 Å². The lowest BCUT2D eigenvalue weighted by Gasteiger charge is -2.18. The van der Waals surface area contributed by atoms with Crippen molar-refractivity contribution < 1.29 is 19.2 Å². The number of ether oxygens (including phenoxy) is 1. The maximum atomic E-state index is 12.6. The Morgan fingerprint density at radius 1 is 1.07 bits per heavy atom. The summed E-state index contributed by atoms with van der Waals surface area (Å²) in [7, 11) is 0. The molecule has 0 aliphatic rings. The molecule has 0 saturated carbocycles. The fraction of sp³-hybridized carbons (Fsp3) is 0.300. The summed E-state index contributed by atoms with van der Waals surface area (Å²) in [5.74, 6) is -0.437. The third kappa shape index (κ3) is 7.59. The molecular formula is C20H24N4O5. The highest BCUT2D eigenvalue weighted by molar-refractivity contribution is 5.96. The Bertz CT molecular complexity index is 811. The van der Waals surface area contributed by atoms with Gasteiger partial charge in [-0.05, 0) is 43.5 Å². The second-order valence-electron chi connectivity index (χ2n) is 6.34. The number of non-ortho nitro benzene ring substituents is 1. The van der Waals surface area contributed by atoms with Crippen LogP contribution < -0.4 is 16.4 Å². The largest absolute Gasteiger partial charge is 0.445 e. The van der Waals surface area contributed by atoms with E-state index in [9.17, 15) is 19.7 Å². The van der Waals surface area contributed by atoms with Crippen molar-refractivity contribution >= 4 is 23.4 Å². The molecule has 0 bridgehead atoms. The van der Waals surface area contributed by atoms with Crippen molar-refractivity contribution in [3.63, 3.8) is 0 Å². The zero-order valence-electron chi connectivity index (χ0n) is 15.9. The third-order valence-corrected chi connectivity index (χ3v) is 4.11. The molecule has 2 rings (SSSR count). The van der Waals surface area contributed by atoms with Gasteiger partial charge in [-0.25, -0.2) is 4.79 Å². The topological polar surface area (TPSA) is 137 Å². The highest BCUT2D eigenvalue weighted by Gasteiger charge is 2.21. The van der Waals surface area contributed by atoms with Crippen molar-refractivity contribution in [2.45, 2.75) is 31.9 Å². The summed E-state index contributed by atoms with van der Waals surface area (Å²) in [6.45, 7) is 0.571. The molecule has 9 heteroatoms. The van der Waals surface area contributed by atoms with Gasteiger partial charge in [0.2, 0.25) is 5.91 Å². The molecule has 0 spiro atoms. The maximum absolute atomic E-state index is 12.6. The van der Waals surface area contributed by atoms with Gasteiger partial charge in [-0.15, -0.1) is 0 Å². The molecule has 29 heavy (non-hydrogen) atoms. The number of carbonyl (C=O) groups excluding carboxylic acids is 2. The van der Waals surface area contributed by atoms with Gasteiger partial charge >= 0.3 is 6.09 Å². The number of anilines is 1. The molecular weight excluding hydrogens is 376 g/mol. The Hall–Kier alpha value is -3.46. The van der Waals surface area contributed by atoms with Crippen LogP contribution in [-0.2, 0) is 16.1 Å². The van der Waals surface area contributed by atoms with Gasteiger partial charge in [0.05, 0.1) is 4.92 Å². The van der Waals surface area contributed by atoms with Crippen LogP contribution in [0.5, 0.6) is 0 Å². The number of nitro benzene ring substituents is 1. The number of carbonyl (C=O) groups is 2. The van der Waals surface area contributed by atoms with Crippen molar-refractivity contribution in [2.75, 3.05) is 11.9 Å². The van der Waals surface area contributed by atoms with E-state index in [4.69, 9.17) is 10.5 Å². The monoisotopic (exact) mass is 400 g/mol. The zero-order valence-corrected chi connectivity index (χ0v) is 15.9. The van der Waals surface area contributed by atoms with Crippen molar-refractivity contribution in [1.29, 1.82) is 0 Å². The molecule has 2 aromatic carbocycles. The second-order valence-corrected chi connectivity index (χ2v) is 6.34. The predicted octanol–water partition coefficient (Wildman–Crippen LogP) is 2.96. The fourth-order valence-corrected chi connectivity index (χ4v) is 2.56. The van der Waals surface area contributed by atoms with E-state index >= 15 is 0 Å². The normalized spacial score (nSPS) is 11.3. The number of nitro groups is 1. The van der Waals surface area contributed by atoms with Gasteiger partial charge in [-0.2, -0.15) is 0 Å². The summed E-state index contributed by atoms with van der Waals surface area (Å²) in [6, 6.07) is 13.8. The van der Waals surface area contributed by atoms with Gasteiger partial charge < -0.3 is 21.1 Å². The van der Waals surface area contributed by atoms with E-state index in [1.807, 2.05) is 30.3 Å². The van der Waals surface area contributed by atoms with Crippen LogP contribution in [0.15, 0.2) is 54.6 Å².